The molecule has 0 saturated carbocycles. The van der Waals surface area contributed by atoms with Crippen LogP contribution in [0.3, 0.4) is 0 Å². The molecule has 0 fully saturated rings. The Morgan fingerprint density at radius 1 is 0.821 bits per heavy atom. The van der Waals surface area contributed by atoms with Gasteiger partial charge in [-0.1, -0.05) is 78.9 Å². The molecule has 3 aromatic carbocycles. The van der Waals surface area contributed by atoms with Crippen LogP contribution in [0.15, 0.2) is 97.5 Å². The molecule has 0 unspecified atom stereocenters. The van der Waals surface area contributed by atoms with Gasteiger partial charge in [0.15, 0.2) is 12.4 Å². The third-order valence-electron chi connectivity index (χ3n) is 5.33. The average Bonchev–Trinajstić information content (AvgIpc) is 3.09. The van der Waals surface area contributed by atoms with E-state index < -0.39 is 0 Å². The van der Waals surface area contributed by atoms with Gasteiger partial charge >= 0.3 is 0 Å². The van der Waals surface area contributed by atoms with Crippen molar-refractivity contribution in [1.82, 2.24) is 4.98 Å². The number of nitrogens with zero attached hydrogens (tertiary/aromatic N) is 2. The highest BCUT2D eigenvalue weighted by molar-refractivity contribution is 5.94. The molecule has 3 heteroatoms. The first kappa shape index (κ1) is 16.6. The summed E-state index contributed by atoms with van der Waals surface area (Å²) in [6.45, 7) is 0.301. The summed E-state index contributed by atoms with van der Waals surface area (Å²) in [5, 5.41) is 0. The molecular formula is C25H19N2O+. The lowest BCUT2D eigenvalue weighted by Crippen LogP contribution is -2.38. The van der Waals surface area contributed by atoms with Crippen LogP contribution in [0.2, 0.25) is 0 Å². The number of Topliss-reactive ketones (excluding diaryl/α,β-unsaturated/α-hetero) is 1. The number of rotatable bonds is 4. The van der Waals surface area contributed by atoms with E-state index in [1.165, 1.54) is 22.3 Å². The van der Waals surface area contributed by atoms with E-state index in [2.05, 4.69) is 53.5 Å². The van der Waals surface area contributed by atoms with Crippen LogP contribution < -0.4 is 4.57 Å². The van der Waals surface area contributed by atoms with Crippen LogP contribution >= 0.6 is 0 Å². The predicted octanol–water partition coefficient (Wildman–Crippen LogP) is 4.41. The molecule has 1 heterocycles. The maximum absolute atomic E-state index is 12.6. The largest absolute Gasteiger partial charge is 0.287 e. The summed E-state index contributed by atoms with van der Waals surface area (Å²) in [5.74, 6) is 0.182. The summed E-state index contributed by atoms with van der Waals surface area (Å²) in [7, 11) is 0. The molecule has 4 aromatic rings. The van der Waals surface area contributed by atoms with Crippen LogP contribution in [0.5, 0.6) is 0 Å². The second-order valence-electron chi connectivity index (χ2n) is 7.05. The second kappa shape index (κ2) is 6.86. The number of benzene rings is 3. The first-order chi connectivity index (χ1) is 13.8. The third kappa shape index (κ3) is 2.81. The van der Waals surface area contributed by atoms with Gasteiger partial charge in [-0.25, -0.2) is 4.98 Å². The first-order valence-electron chi connectivity index (χ1n) is 9.43. The topological polar surface area (TPSA) is 33.8 Å². The molecule has 1 aromatic heterocycles. The normalized spacial score (nSPS) is 12.4. The lowest BCUT2D eigenvalue weighted by atomic mass is 9.94. The monoisotopic (exact) mass is 363 g/mol. The number of aromatic nitrogens is 2. The van der Waals surface area contributed by atoms with E-state index in [-0.39, 0.29) is 11.7 Å². The fourth-order valence-electron chi connectivity index (χ4n) is 4.05. The molecule has 0 N–H and O–H groups in total. The van der Waals surface area contributed by atoms with E-state index in [0.29, 0.717) is 6.54 Å². The van der Waals surface area contributed by atoms with Crippen LogP contribution in [-0.4, -0.2) is 10.8 Å². The average molecular weight is 363 g/mol. The van der Waals surface area contributed by atoms with E-state index in [0.717, 1.165) is 11.3 Å². The lowest BCUT2D eigenvalue weighted by Gasteiger charge is -2.11. The van der Waals surface area contributed by atoms with Crippen LogP contribution in [0.4, 0.5) is 0 Å². The van der Waals surface area contributed by atoms with Gasteiger partial charge in [-0.15, -0.1) is 0 Å². The highest BCUT2D eigenvalue weighted by Crippen LogP contribution is 2.46. The van der Waals surface area contributed by atoms with Crippen molar-refractivity contribution in [2.24, 2.45) is 0 Å². The maximum Gasteiger partial charge on any atom is 0.227 e. The highest BCUT2D eigenvalue weighted by atomic mass is 16.1. The molecule has 0 saturated heterocycles. The van der Waals surface area contributed by atoms with Gasteiger partial charge in [-0.05, 0) is 22.3 Å². The van der Waals surface area contributed by atoms with Crippen molar-refractivity contribution in [2.75, 3.05) is 0 Å². The summed E-state index contributed by atoms with van der Waals surface area (Å²) in [5.41, 5.74) is 6.75. The Kier molecular flexibility index (Phi) is 4.06. The number of carbonyl (C=O) groups excluding carboxylic acids is 1. The molecule has 1 aliphatic rings. The predicted molar refractivity (Wildman–Crippen MR) is 108 cm³/mol. The fraction of sp³-hybridized carbons (Fsp3) is 0.0800. The smallest absolute Gasteiger partial charge is 0.227 e. The summed E-state index contributed by atoms with van der Waals surface area (Å²) < 4.78 is 1.93. The number of fused-ring (bicyclic) bond motifs is 3. The number of hydrogen-bond acceptors (Lipinski definition) is 2. The van der Waals surface area contributed by atoms with Gasteiger partial charge in [0.1, 0.15) is 5.69 Å². The Morgan fingerprint density at radius 2 is 1.43 bits per heavy atom. The van der Waals surface area contributed by atoms with E-state index in [9.17, 15) is 4.79 Å². The molecule has 0 aliphatic heterocycles. The molecule has 3 nitrogen and oxygen atoms in total. The van der Waals surface area contributed by atoms with E-state index in [1.807, 2.05) is 47.3 Å². The van der Waals surface area contributed by atoms with Gasteiger partial charge in [-0.2, -0.15) is 4.57 Å². The van der Waals surface area contributed by atoms with Gasteiger partial charge in [0.05, 0.1) is 12.1 Å². The molecule has 0 radical (unpaired) electrons. The second-order valence-corrected chi connectivity index (χ2v) is 7.05. The molecule has 0 atom stereocenters. The molecule has 134 valence electrons. The SMILES string of the molecule is O=C(C[n+]1ccnc(C2c3ccccc3-c3ccccc32)c1)c1ccccc1. The van der Waals surface area contributed by atoms with Gasteiger partial charge in [0.2, 0.25) is 12.3 Å². The molecule has 5 rings (SSSR count). The Balaban J connectivity index is 1.53. The third-order valence-corrected chi connectivity index (χ3v) is 5.33. The Labute approximate surface area is 164 Å². The van der Waals surface area contributed by atoms with Gasteiger partial charge in [0, 0.05) is 5.56 Å². The van der Waals surface area contributed by atoms with Crippen molar-refractivity contribution in [2.45, 2.75) is 12.5 Å². The van der Waals surface area contributed by atoms with Crippen molar-refractivity contribution >= 4 is 5.78 Å². The van der Waals surface area contributed by atoms with Gasteiger partial charge in [-0.3, -0.25) is 4.79 Å². The maximum atomic E-state index is 12.6. The quantitative estimate of drug-likeness (QED) is 0.350. The first-order valence-corrected chi connectivity index (χ1v) is 9.43. The number of ketones is 1. The Morgan fingerprint density at radius 3 is 2.11 bits per heavy atom. The number of carbonyl (C=O) groups is 1. The Hall–Kier alpha value is -3.59. The van der Waals surface area contributed by atoms with Crippen molar-refractivity contribution < 1.29 is 9.36 Å². The Bertz CT molecular complexity index is 1120. The summed E-state index contributed by atoms with van der Waals surface area (Å²) in [6.07, 6.45) is 5.65. The van der Waals surface area contributed by atoms with Gasteiger partial charge in [0.25, 0.3) is 0 Å². The number of hydrogen-bond donors (Lipinski definition) is 0. The molecule has 28 heavy (non-hydrogen) atoms. The minimum absolute atomic E-state index is 0.0895. The zero-order chi connectivity index (χ0) is 18.9. The zero-order valence-electron chi connectivity index (χ0n) is 15.3. The van der Waals surface area contributed by atoms with Crippen molar-refractivity contribution in [3.63, 3.8) is 0 Å². The summed E-state index contributed by atoms with van der Waals surface area (Å²) in [6, 6.07) is 26.4. The summed E-state index contributed by atoms with van der Waals surface area (Å²) in [4.78, 5) is 17.3. The van der Waals surface area contributed by atoms with Crippen LogP contribution in [0.1, 0.15) is 33.1 Å². The fourth-order valence-corrected chi connectivity index (χ4v) is 4.05. The highest BCUT2D eigenvalue weighted by Gasteiger charge is 2.31. The van der Waals surface area contributed by atoms with Crippen LogP contribution in [0, 0.1) is 0 Å². The summed E-state index contributed by atoms with van der Waals surface area (Å²) >= 11 is 0. The van der Waals surface area contributed by atoms with Crippen LogP contribution in [0.25, 0.3) is 11.1 Å². The van der Waals surface area contributed by atoms with Crippen molar-refractivity contribution in [1.29, 1.82) is 0 Å². The van der Waals surface area contributed by atoms with Crippen molar-refractivity contribution in [3.05, 3.63) is 120 Å². The molecule has 0 spiro atoms. The van der Waals surface area contributed by atoms with Crippen molar-refractivity contribution in [3.8, 4) is 11.1 Å². The standard InChI is InChI=1S/C25H19N2O/c28-24(18-8-2-1-3-9-18)17-27-15-14-26-23(16-27)25-21-12-6-4-10-19(21)20-11-5-7-13-22(20)25/h1-16,25H,17H2/q+1. The van der Waals surface area contributed by atoms with E-state index >= 15 is 0 Å². The molecule has 0 bridgehead atoms. The van der Waals surface area contributed by atoms with Crippen LogP contribution in [-0.2, 0) is 6.54 Å². The minimum atomic E-state index is 0.0895. The molecule has 1 aliphatic carbocycles. The molecule has 0 amide bonds. The minimum Gasteiger partial charge on any atom is -0.287 e. The van der Waals surface area contributed by atoms with E-state index in [1.54, 1.807) is 6.20 Å². The lowest BCUT2D eigenvalue weighted by molar-refractivity contribution is -0.684. The van der Waals surface area contributed by atoms with Gasteiger partial charge < -0.3 is 0 Å². The zero-order valence-corrected chi connectivity index (χ0v) is 15.3. The molecular weight excluding hydrogens is 344 g/mol. The van der Waals surface area contributed by atoms with E-state index in [4.69, 9.17) is 0 Å².